The van der Waals surface area contributed by atoms with Crippen LogP contribution in [0.3, 0.4) is 0 Å². The number of nitrogens with zero attached hydrogens (tertiary/aromatic N) is 3. The lowest BCUT2D eigenvalue weighted by molar-refractivity contribution is 0.0534. The molecule has 2 N–H and O–H groups in total. The van der Waals surface area contributed by atoms with Crippen LogP contribution >= 0.6 is 0 Å². The summed E-state index contributed by atoms with van der Waals surface area (Å²) in [4.78, 5) is 40.7. The van der Waals surface area contributed by atoms with E-state index >= 15 is 0 Å². The van der Waals surface area contributed by atoms with E-state index in [0.29, 0.717) is 25.9 Å². The van der Waals surface area contributed by atoms with Gasteiger partial charge in [0.2, 0.25) is 5.43 Å². The summed E-state index contributed by atoms with van der Waals surface area (Å²) in [6.07, 6.45) is 4.45. The predicted molar refractivity (Wildman–Crippen MR) is 115 cm³/mol. The molecule has 2 aliphatic heterocycles. The molecule has 1 atom stereocenters. The van der Waals surface area contributed by atoms with Crippen LogP contribution < -0.4 is 15.8 Å². The predicted octanol–water partition coefficient (Wildman–Crippen LogP) is 2.17. The Kier molecular flexibility index (Phi) is 4.91. The maximum absolute atomic E-state index is 14.4. The maximum atomic E-state index is 14.4. The first-order valence-corrected chi connectivity index (χ1v) is 11.1. The molecule has 0 unspecified atom stereocenters. The van der Waals surface area contributed by atoms with Gasteiger partial charge in [0.25, 0.3) is 11.8 Å². The van der Waals surface area contributed by atoms with Crippen molar-refractivity contribution in [3.63, 3.8) is 0 Å². The highest BCUT2D eigenvalue weighted by atomic mass is 19.1. The molecule has 0 radical (unpaired) electrons. The fourth-order valence-electron chi connectivity index (χ4n) is 4.99. The van der Waals surface area contributed by atoms with Crippen LogP contribution in [0.1, 0.15) is 65.4 Å². The highest BCUT2D eigenvalue weighted by molar-refractivity contribution is 5.99. The molecule has 0 bridgehead atoms. The number of aromatic nitrogens is 1. The van der Waals surface area contributed by atoms with E-state index in [1.807, 2.05) is 11.9 Å². The van der Waals surface area contributed by atoms with E-state index in [-0.39, 0.29) is 23.0 Å². The molecule has 1 saturated carbocycles. The quantitative estimate of drug-likeness (QED) is 0.733. The Morgan fingerprint density at radius 3 is 2.67 bits per heavy atom. The lowest BCUT2D eigenvalue weighted by atomic mass is 10.0. The molecule has 10 heteroatoms. The molecule has 2 amide bonds. The SMILES string of the molecule is CCN1C(=O)c2c(O)c(=O)c(C(=O)NC3(c4ccc(F)cc4F)CC3)cn2N2CCCC[C@@H]12. The van der Waals surface area contributed by atoms with Gasteiger partial charge in [-0.3, -0.25) is 24.1 Å². The Hall–Kier alpha value is -3.43. The maximum Gasteiger partial charge on any atom is 0.278 e. The van der Waals surface area contributed by atoms with Gasteiger partial charge in [-0.2, -0.15) is 0 Å². The Bertz CT molecular complexity index is 1220. The zero-order valence-corrected chi connectivity index (χ0v) is 18.1. The van der Waals surface area contributed by atoms with E-state index in [1.54, 1.807) is 4.90 Å². The van der Waals surface area contributed by atoms with Crippen molar-refractivity contribution in [3.8, 4) is 5.75 Å². The molecule has 1 saturated heterocycles. The Labute approximate surface area is 188 Å². The minimum atomic E-state index is -1.04. The number of pyridine rings is 1. The molecule has 1 aromatic heterocycles. The second-order valence-corrected chi connectivity index (χ2v) is 8.80. The van der Waals surface area contributed by atoms with Crippen molar-refractivity contribution in [1.29, 1.82) is 0 Å². The first-order chi connectivity index (χ1) is 15.8. The zero-order chi connectivity index (χ0) is 23.5. The molecular weight excluding hydrogens is 434 g/mol. The van der Waals surface area contributed by atoms with Crippen molar-refractivity contribution in [2.75, 3.05) is 18.1 Å². The summed E-state index contributed by atoms with van der Waals surface area (Å²) in [5.74, 6) is -3.54. The molecule has 5 rings (SSSR count). The van der Waals surface area contributed by atoms with E-state index in [4.69, 9.17) is 0 Å². The third-order valence-electron chi connectivity index (χ3n) is 6.84. The number of carbonyl (C=O) groups excluding carboxylic acids is 2. The number of aromatic hydroxyl groups is 1. The van der Waals surface area contributed by atoms with Gasteiger partial charge < -0.3 is 15.3 Å². The summed E-state index contributed by atoms with van der Waals surface area (Å²) in [5.41, 5.74) is -2.37. The molecular formula is C23H24F2N4O4. The van der Waals surface area contributed by atoms with Crippen LogP contribution in [0, 0.1) is 11.6 Å². The van der Waals surface area contributed by atoms with Crippen LogP contribution in [0.25, 0.3) is 0 Å². The van der Waals surface area contributed by atoms with E-state index in [0.717, 1.165) is 31.4 Å². The highest BCUT2D eigenvalue weighted by Crippen LogP contribution is 2.46. The second kappa shape index (κ2) is 7.57. The van der Waals surface area contributed by atoms with E-state index in [1.165, 1.54) is 16.9 Å². The van der Waals surface area contributed by atoms with Crippen molar-refractivity contribution in [1.82, 2.24) is 14.9 Å². The van der Waals surface area contributed by atoms with Crippen molar-refractivity contribution >= 4 is 11.8 Å². The molecule has 1 aliphatic carbocycles. The molecule has 8 nitrogen and oxygen atoms in total. The number of hydrogen-bond acceptors (Lipinski definition) is 5. The number of hydrogen-bond donors (Lipinski definition) is 2. The topological polar surface area (TPSA) is 94.9 Å². The molecule has 2 fully saturated rings. The monoisotopic (exact) mass is 458 g/mol. The fourth-order valence-corrected chi connectivity index (χ4v) is 4.99. The third-order valence-corrected chi connectivity index (χ3v) is 6.84. The number of benzene rings is 1. The summed E-state index contributed by atoms with van der Waals surface area (Å²) in [5, 5.41) is 15.2. The average Bonchev–Trinajstić information content (AvgIpc) is 3.56. The first kappa shape index (κ1) is 21.4. The van der Waals surface area contributed by atoms with Crippen LogP contribution in [0.15, 0.2) is 29.2 Å². The van der Waals surface area contributed by atoms with Gasteiger partial charge in [-0.25, -0.2) is 8.78 Å². The smallest absolute Gasteiger partial charge is 0.278 e. The summed E-state index contributed by atoms with van der Waals surface area (Å²) in [7, 11) is 0. The molecule has 33 heavy (non-hydrogen) atoms. The van der Waals surface area contributed by atoms with Gasteiger partial charge >= 0.3 is 0 Å². The molecule has 3 heterocycles. The van der Waals surface area contributed by atoms with Crippen molar-refractivity contribution in [2.45, 2.75) is 50.7 Å². The lowest BCUT2D eigenvalue weighted by Crippen LogP contribution is -2.63. The number of carbonyl (C=O) groups is 2. The van der Waals surface area contributed by atoms with E-state index in [9.17, 15) is 28.3 Å². The Morgan fingerprint density at radius 2 is 2.00 bits per heavy atom. The van der Waals surface area contributed by atoms with Gasteiger partial charge in [-0.1, -0.05) is 6.07 Å². The van der Waals surface area contributed by atoms with Crippen LogP contribution in [0.4, 0.5) is 8.78 Å². The third kappa shape index (κ3) is 3.27. The highest BCUT2D eigenvalue weighted by Gasteiger charge is 2.48. The van der Waals surface area contributed by atoms with Crippen molar-refractivity contribution < 1.29 is 23.5 Å². The normalized spacial score (nSPS) is 20.8. The number of halogens is 2. The summed E-state index contributed by atoms with van der Waals surface area (Å²) in [6, 6.07) is 3.15. The fraction of sp³-hybridized carbons (Fsp3) is 0.435. The number of nitrogens with one attached hydrogen (secondary N) is 1. The molecule has 174 valence electrons. The lowest BCUT2D eigenvalue weighted by Gasteiger charge is -2.48. The van der Waals surface area contributed by atoms with E-state index < -0.39 is 40.2 Å². The van der Waals surface area contributed by atoms with Crippen LogP contribution in [-0.4, -0.2) is 45.8 Å². The number of amides is 2. The van der Waals surface area contributed by atoms with Crippen LogP contribution in [0.5, 0.6) is 5.75 Å². The van der Waals surface area contributed by atoms with Gasteiger partial charge in [0.05, 0.1) is 5.54 Å². The Balaban J connectivity index is 1.54. The summed E-state index contributed by atoms with van der Waals surface area (Å²) >= 11 is 0. The standard InChI is InChI=1S/C23H24F2N4O4/c1-2-27-17-5-3-4-10-28(17)29-12-14(19(30)20(31)18(29)22(27)33)21(32)26-23(8-9-23)15-7-6-13(24)11-16(15)25/h6-7,11-12,17,31H,2-5,8-10H2,1H3,(H,26,32)/t17-/m0/s1. The largest absolute Gasteiger partial charge is 0.502 e. The summed E-state index contributed by atoms with van der Waals surface area (Å²) in [6.45, 7) is 2.85. The van der Waals surface area contributed by atoms with Crippen LogP contribution in [-0.2, 0) is 5.54 Å². The van der Waals surface area contributed by atoms with Gasteiger partial charge in [-0.15, -0.1) is 0 Å². The van der Waals surface area contributed by atoms with Crippen molar-refractivity contribution in [2.24, 2.45) is 0 Å². The van der Waals surface area contributed by atoms with Gasteiger partial charge in [0.1, 0.15) is 23.4 Å². The van der Waals surface area contributed by atoms with E-state index in [2.05, 4.69) is 5.32 Å². The minimum Gasteiger partial charge on any atom is -0.502 e. The van der Waals surface area contributed by atoms with Crippen molar-refractivity contribution in [3.05, 3.63) is 63.1 Å². The molecule has 2 aromatic rings. The number of piperidine rings is 1. The summed E-state index contributed by atoms with van der Waals surface area (Å²) < 4.78 is 29.1. The zero-order valence-electron chi connectivity index (χ0n) is 18.1. The molecule has 3 aliphatic rings. The Morgan fingerprint density at radius 1 is 1.24 bits per heavy atom. The van der Waals surface area contributed by atoms with Gasteiger partial charge in [0, 0.05) is 30.9 Å². The molecule has 1 aromatic carbocycles. The second-order valence-electron chi connectivity index (χ2n) is 8.80. The van der Waals surface area contributed by atoms with Gasteiger partial charge in [0.15, 0.2) is 11.4 Å². The van der Waals surface area contributed by atoms with Gasteiger partial charge in [-0.05, 0) is 45.1 Å². The number of fused-ring (bicyclic) bond motifs is 3. The average molecular weight is 458 g/mol. The van der Waals surface area contributed by atoms with Crippen LogP contribution in [0.2, 0.25) is 0 Å². The molecule has 0 spiro atoms. The number of rotatable bonds is 4. The first-order valence-electron chi connectivity index (χ1n) is 11.1. The minimum absolute atomic E-state index is 0.143.